The van der Waals surface area contributed by atoms with Crippen LogP contribution in [0.5, 0.6) is 0 Å². The molecule has 0 heterocycles. The lowest BCUT2D eigenvalue weighted by Crippen LogP contribution is -2.18. The molecule has 0 saturated carbocycles. The number of hydrogen-bond acceptors (Lipinski definition) is 2. The summed E-state index contributed by atoms with van der Waals surface area (Å²) in [4.78, 5) is 23.1. The van der Waals surface area contributed by atoms with E-state index in [1.165, 1.54) is 12.1 Å². The highest BCUT2D eigenvalue weighted by Gasteiger charge is 2.14. The first-order valence-electron chi connectivity index (χ1n) is 6.35. The molecular weight excluding hydrogens is 273 g/mol. The number of benzene rings is 2. The molecule has 0 spiro atoms. The van der Waals surface area contributed by atoms with E-state index in [1.54, 1.807) is 37.3 Å². The third-order valence-electron chi connectivity index (χ3n) is 3.09. The molecule has 2 N–H and O–H groups in total. The summed E-state index contributed by atoms with van der Waals surface area (Å²) in [6.45, 7) is 1.68. The number of carbonyl (C=O) groups excluding carboxylic acids is 1. The van der Waals surface area contributed by atoms with Crippen molar-refractivity contribution in [1.82, 2.24) is 0 Å². The Morgan fingerprint density at radius 1 is 1.14 bits per heavy atom. The number of carboxylic acid groups (broad SMARTS) is 1. The largest absolute Gasteiger partial charge is 0.478 e. The maximum Gasteiger partial charge on any atom is 0.335 e. The first-order chi connectivity index (χ1) is 9.99. The molecule has 4 nitrogen and oxygen atoms in total. The van der Waals surface area contributed by atoms with Gasteiger partial charge >= 0.3 is 5.97 Å². The first kappa shape index (κ1) is 14.7. The van der Waals surface area contributed by atoms with Crippen molar-refractivity contribution in [3.8, 4) is 0 Å². The van der Waals surface area contributed by atoms with Gasteiger partial charge in [-0.3, -0.25) is 4.79 Å². The van der Waals surface area contributed by atoms with Gasteiger partial charge in [-0.05, 0) is 30.2 Å². The molecule has 108 valence electrons. The SMILES string of the molecule is Cc1cccc(F)c1NC(=O)Cc1ccccc1C(=O)O. The molecule has 0 radical (unpaired) electrons. The zero-order valence-corrected chi connectivity index (χ0v) is 11.4. The number of halogens is 1. The molecule has 0 bridgehead atoms. The topological polar surface area (TPSA) is 66.4 Å². The van der Waals surface area contributed by atoms with Crippen LogP contribution in [0.3, 0.4) is 0 Å². The van der Waals surface area contributed by atoms with Gasteiger partial charge in [0.25, 0.3) is 0 Å². The van der Waals surface area contributed by atoms with Crippen molar-refractivity contribution >= 4 is 17.6 Å². The second kappa shape index (κ2) is 6.17. The zero-order valence-electron chi connectivity index (χ0n) is 11.4. The van der Waals surface area contributed by atoms with Crippen molar-refractivity contribution in [3.63, 3.8) is 0 Å². The summed E-state index contributed by atoms with van der Waals surface area (Å²) in [5, 5.41) is 11.6. The highest BCUT2D eigenvalue weighted by Crippen LogP contribution is 2.19. The molecular formula is C16H14FNO3. The van der Waals surface area contributed by atoms with Gasteiger partial charge in [-0.25, -0.2) is 9.18 Å². The number of anilines is 1. The van der Waals surface area contributed by atoms with Crippen LogP contribution in [0.1, 0.15) is 21.5 Å². The molecule has 0 saturated heterocycles. The summed E-state index contributed by atoms with van der Waals surface area (Å²) in [5.74, 6) is -2.08. The second-order valence-corrected chi connectivity index (χ2v) is 4.62. The summed E-state index contributed by atoms with van der Waals surface area (Å²) in [6, 6.07) is 10.7. The van der Waals surface area contributed by atoms with E-state index in [1.807, 2.05) is 0 Å². The Kier molecular flexibility index (Phi) is 4.33. The van der Waals surface area contributed by atoms with E-state index in [2.05, 4.69) is 5.32 Å². The second-order valence-electron chi connectivity index (χ2n) is 4.62. The maximum atomic E-state index is 13.6. The van der Waals surface area contributed by atoms with Crippen molar-refractivity contribution in [2.45, 2.75) is 13.3 Å². The summed E-state index contributed by atoms with van der Waals surface area (Å²) >= 11 is 0. The lowest BCUT2D eigenvalue weighted by molar-refractivity contribution is -0.115. The first-order valence-corrected chi connectivity index (χ1v) is 6.35. The van der Waals surface area contributed by atoms with Gasteiger partial charge in [-0.1, -0.05) is 30.3 Å². The lowest BCUT2D eigenvalue weighted by atomic mass is 10.0. The highest BCUT2D eigenvalue weighted by molar-refractivity contribution is 5.96. The molecule has 5 heteroatoms. The summed E-state index contributed by atoms with van der Waals surface area (Å²) in [5.41, 5.74) is 1.18. The molecule has 0 atom stereocenters. The predicted molar refractivity (Wildman–Crippen MR) is 76.9 cm³/mol. The minimum Gasteiger partial charge on any atom is -0.478 e. The lowest BCUT2D eigenvalue weighted by Gasteiger charge is -2.10. The number of aryl methyl sites for hydroxylation is 1. The van der Waals surface area contributed by atoms with Gasteiger partial charge < -0.3 is 10.4 Å². The smallest absolute Gasteiger partial charge is 0.335 e. The number of rotatable bonds is 4. The minimum atomic E-state index is -1.10. The number of para-hydroxylation sites is 1. The van der Waals surface area contributed by atoms with E-state index >= 15 is 0 Å². The van der Waals surface area contributed by atoms with Crippen molar-refractivity contribution in [2.24, 2.45) is 0 Å². The normalized spacial score (nSPS) is 10.2. The number of amides is 1. The molecule has 0 aliphatic heterocycles. The molecule has 2 aromatic rings. The Hall–Kier alpha value is -2.69. The summed E-state index contributed by atoms with van der Waals surface area (Å²) in [6.07, 6.45) is -0.129. The van der Waals surface area contributed by atoms with Crippen LogP contribution >= 0.6 is 0 Å². The van der Waals surface area contributed by atoms with Crippen molar-refractivity contribution < 1.29 is 19.1 Å². The van der Waals surface area contributed by atoms with Crippen LogP contribution in [0.15, 0.2) is 42.5 Å². The van der Waals surface area contributed by atoms with Gasteiger partial charge in [0.2, 0.25) is 5.91 Å². The van der Waals surface area contributed by atoms with Crippen LogP contribution in [0, 0.1) is 12.7 Å². The molecule has 0 unspecified atom stereocenters. The van der Waals surface area contributed by atoms with Gasteiger partial charge in [0.15, 0.2) is 0 Å². The number of hydrogen-bond donors (Lipinski definition) is 2. The number of carboxylic acids is 1. The fraction of sp³-hybridized carbons (Fsp3) is 0.125. The fourth-order valence-electron chi connectivity index (χ4n) is 2.03. The highest BCUT2D eigenvalue weighted by atomic mass is 19.1. The quantitative estimate of drug-likeness (QED) is 0.908. The number of nitrogens with one attached hydrogen (secondary N) is 1. The Morgan fingerprint density at radius 2 is 1.86 bits per heavy atom. The van der Waals surface area contributed by atoms with Crippen LogP contribution in [0.25, 0.3) is 0 Å². The van der Waals surface area contributed by atoms with Crippen molar-refractivity contribution in [3.05, 3.63) is 65.0 Å². The monoisotopic (exact) mass is 287 g/mol. The molecule has 21 heavy (non-hydrogen) atoms. The van der Waals surface area contributed by atoms with Crippen LogP contribution in [0.4, 0.5) is 10.1 Å². The molecule has 0 aromatic heterocycles. The molecule has 0 aliphatic rings. The van der Waals surface area contributed by atoms with Crippen LogP contribution < -0.4 is 5.32 Å². The average molecular weight is 287 g/mol. The van der Waals surface area contributed by atoms with Crippen molar-refractivity contribution in [1.29, 1.82) is 0 Å². The Balaban J connectivity index is 2.18. The molecule has 2 rings (SSSR count). The van der Waals surface area contributed by atoms with Gasteiger partial charge in [0.05, 0.1) is 17.7 Å². The Morgan fingerprint density at radius 3 is 2.52 bits per heavy atom. The van der Waals surface area contributed by atoms with Crippen molar-refractivity contribution in [2.75, 3.05) is 5.32 Å². The molecule has 1 amide bonds. The number of carbonyl (C=O) groups is 2. The molecule has 0 fully saturated rings. The van der Waals surface area contributed by atoms with Crippen LogP contribution in [-0.2, 0) is 11.2 Å². The zero-order chi connectivity index (χ0) is 15.4. The average Bonchev–Trinajstić information content (AvgIpc) is 2.43. The Bertz CT molecular complexity index is 677. The van der Waals surface area contributed by atoms with E-state index in [9.17, 15) is 14.0 Å². The predicted octanol–water partition coefficient (Wildman–Crippen LogP) is 3.01. The minimum absolute atomic E-state index is 0.0675. The van der Waals surface area contributed by atoms with E-state index in [-0.39, 0.29) is 17.7 Å². The van der Waals surface area contributed by atoms with E-state index in [4.69, 9.17) is 5.11 Å². The third-order valence-corrected chi connectivity index (χ3v) is 3.09. The van der Waals surface area contributed by atoms with Gasteiger partial charge in [-0.15, -0.1) is 0 Å². The number of aromatic carboxylic acids is 1. The molecule has 0 aliphatic carbocycles. The Labute approximate surface area is 121 Å². The fourth-order valence-corrected chi connectivity index (χ4v) is 2.03. The van der Waals surface area contributed by atoms with Gasteiger partial charge in [-0.2, -0.15) is 0 Å². The van der Waals surface area contributed by atoms with Gasteiger partial charge in [0, 0.05) is 0 Å². The maximum absolute atomic E-state index is 13.6. The standard InChI is InChI=1S/C16H14FNO3/c1-10-5-4-8-13(17)15(10)18-14(19)9-11-6-2-3-7-12(11)16(20)21/h2-8H,9H2,1H3,(H,18,19)(H,20,21). The summed E-state index contributed by atoms with van der Waals surface area (Å²) < 4.78 is 13.6. The summed E-state index contributed by atoms with van der Waals surface area (Å²) in [7, 11) is 0. The van der Waals surface area contributed by atoms with Gasteiger partial charge in [0.1, 0.15) is 5.82 Å². The molecule has 2 aromatic carbocycles. The third kappa shape index (κ3) is 3.45. The van der Waals surface area contributed by atoms with E-state index in [0.717, 1.165) is 0 Å². The van der Waals surface area contributed by atoms with E-state index in [0.29, 0.717) is 11.1 Å². The van der Waals surface area contributed by atoms with E-state index < -0.39 is 17.7 Å². The van der Waals surface area contributed by atoms with Crippen LogP contribution in [0.2, 0.25) is 0 Å². The van der Waals surface area contributed by atoms with Crippen LogP contribution in [-0.4, -0.2) is 17.0 Å².